The molecular formula is C21H27N3O3S. The number of nitrogens with zero attached hydrogens (tertiary/aromatic N) is 1. The van der Waals surface area contributed by atoms with Crippen molar-refractivity contribution in [2.75, 3.05) is 0 Å². The number of rotatable bonds is 7. The SMILES string of the molecule is CC[C@H](C)NC(=O)c1cn(C2CCCC2)cc(C(=O)NCc2cccs2)c1=O. The van der Waals surface area contributed by atoms with Gasteiger partial charge in [0.1, 0.15) is 11.1 Å². The molecule has 1 aliphatic carbocycles. The van der Waals surface area contributed by atoms with E-state index in [1.807, 2.05) is 35.9 Å². The van der Waals surface area contributed by atoms with Gasteiger partial charge in [-0.15, -0.1) is 11.3 Å². The summed E-state index contributed by atoms with van der Waals surface area (Å²) in [6.07, 6.45) is 8.21. The maximum Gasteiger partial charge on any atom is 0.257 e. The molecule has 1 atom stereocenters. The van der Waals surface area contributed by atoms with Gasteiger partial charge in [-0.2, -0.15) is 0 Å². The van der Waals surface area contributed by atoms with Gasteiger partial charge in [0.15, 0.2) is 0 Å². The molecule has 2 aromatic rings. The van der Waals surface area contributed by atoms with Gasteiger partial charge in [0.25, 0.3) is 11.8 Å². The summed E-state index contributed by atoms with van der Waals surface area (Å²) in [4.78, 5) is 39.3. The number of carbonyl (C=O) groups is 2. The second-order valence-electron chi connectivity index (χ2n) is 7.34. The highest BCUT2D eigenvalue weighted by Crippen LogP contribution is 2.29. The molecule has 6 nitrogen and oxygen atoms in total. The average Bonchev–Trinajstić information content (AvgIpc) is 3.40. The topological polar surface area (TPSA) is 80.2 Å². The third kappa shape index (κ3) is 4.70. The Morgan fingerprint density at radius 1 is 1.21 bits per heavy atom. The van der Waals surface area contributed by atoms with Gasteiger partial charge < -0.3 is 15.2 Å². The van der Waals surface area contributed by atoms with Crippen LogP contribution in [0.25, 0.3) is 0 Å². The molecule has 0 bridgehead atoms. The molecule has 1 aliphatic rings. The molecule has 28 heavy (non-hydrogen) atoms. The first kappa shape index (κ1) is 20.3. The van der Waals surface area contributed by atoms with E-state index in [-0.39, 0.29) is 23.2 Å². The Balaban J connectivity index is 1.91. The summed E-state index contributed by atoms with van der Waals surface area (Å²) in [7, 11) is 0. The fourth-order valence-electron chi connectivity index (χ4n) is 3.41. The smallest absolute Gasteiger partial charge is 0.257 e. The first-order valence-electron chi connectivity index (χ1n) is 9.86. The van der Waals surface area contributed by atoms with Crippen LogP contribution in [0.5, 0.6) is 0 Å². The fraction of sp³-hybridized carbons (Fsp3) is 0.476. The Kier molecular flexibility index (Phi) is 6.67. The van der Waals surface area contributed by atoms with Crippen molar-refractivity contribution in [3.8, 4) is 0 Å². The van der Waals surface area contributed by atoms with Crippen LogP contribution in [-0.4, -0.2) is 22.4 Å². The van der Waals surface area contributed by atoms with E-state index in [1.54, 1.807) is 23.7 Å². The maximum absolute atomic E-state index is 12.9. The van der Waals surface area contributed by atoms with Crippen molar-refractivity contribution in [3.63, 3.8) is 0 Å². The molecule has 0 aromatic carbocycles. The quantitative estimate of drug-likeness (QED) is 0.745. The summed E-state index contributed by atoms with van der Waals surface area (Å²) < 4.78 is 1.89. The largest absolute Gasteiger partial charge is 0.349 e. The Hall–Kier alpha value is -2.41. The lowest BCUT2D eigenvalue weighted by molar-refractivity contribution is 0.0937. The van der Waals surface area contributed by atoms with Crippen LogP contribution >= 0.6 is 11.3 Å². The molecule has 7 heteroatoms. The van der Waals surface area contributed by atoms with E-state index in [2.05, 4.69) is 10.6 Å². The van der Waals surface area contributed by atoms with E-state index in [0.29, 0.717) is 6.54 Å². The number of nitrogens with one attached hydrogen (secondary N) is 2. The summed E-state index contributed by atoms with van der Waals surface area (Å²) in [5.41, 5.74) is -0.449. The standard InChI is InChI=1S/C21H27N3O3S/c1-3-14(2)23-21(27)18-13-24(15-7-4-5-8-15)12-17(19(18)25)20(26)22-11-16-9-6-10-28-16/h6,9-10,12-15H,3-5,7-8,11H2,1-2H3,(H,22,26)(H,23,27)/t14-/m0/s1. The third-order valence-electron chi connectivity index (χ3n) is 5.27. The first-order valence-corrected chi connectivity index (χ1v) is 10.7. The molecule has 0 spiro atoms. The maximum atomic E-state index is 12.9. The average molecular weight is 402 g/mol. The van der Waals surface area contributed by atoms with Crippen molar-refractivity contribution < 1.29 is 9.59 Å². The predicted octanol–water partition coefficient (Wildman–Crippen LogP) is 3.48. The van der Waals surface area contributed by atoms with E-state index in [0.717, 1.165) is 37.0 Å². The zero-order chi connectivity index (χ0) is 20.1. The number of aromatic nitrogens is 1. The fourth-order valence-corrected chi connectivity index (χ4v) is 4.06. The number of pyridine rings is 1. The normalized spacial score (nSPS) is 15.4. The summed E-state index contributed by atoms with van der Waals surface area (Å²) >= 11 is 1.54. The minimum atomic E-state index is -0.515. The van der Waals surface area contributed by atoms with Crippen LogP contribution in [-0.2, 0) is 6.54 Å². The van der Waals surface area contributed by atoms with Crippen molar-refractivity contribution in [2.24, 2.45) is 0 Å². The van der Waals surface area contributed by atoms with Crippen molar-refractivity contribution >= 4 is 23.2 Å². The van der Waals surface area contributed by atoms with E-state index in [1.165, 1.54) is 0 Å². The Morgan fingerprint density at radius 2 is 1.89 bits per heavy atom. The van der Waals surface area contributed by atoms with E-state index in [4.69, 9.17) is 0 Å². The molecule has 150 valence electrons. The van der Waals surface area contributed by atoms with Crippen LogP contribution in [0.4, 0.5) is 0 Å². The first-order chi connectivity index (χ1) is 13.5. The van der Waals surface area contributed by atoms with E-state index >= 15 is 0 Å². The molecule has 1 fully saturated rings. The number of carbonyl (C=O) groups excluding carboxylic acids is 2. The number of thiophene rings is 1. The van der Waals surface area contributed by atoms with Crippen molar-refractivity contribution in [1.29, 1.82) is 0 Å². The summed E-state index contributed by atoms with van der Waals surface area (Å²) in [6, 6.07) is 4.03. The molecule has 3 rings (SSSR count). The number of hydrogen-bond donors (Lipinski definition) is 2. The van der Waals surface area contributed by atoms with Gasteiger partial charge in [-0.1, -0.05) is 25.8 Å². The zero-order valence-corrected chi connectivity index (χ0v) is 17.2. The molecular weight excluding hydrogens is 374 g/mol. The van der Waals surface area contributed by atoms with Crippen LogP contribution in [0.1, 0.15) is 77.6 Å². The van der Waals surface area contributed by atoms with Crippen LogP contribution in [0.2, 0.25) is 0 Å². The minimum absolute atomic E-state index is 0.0280. The van der Waals surface area contributed by atoms with Crippen LogP contribution in [0, 0.1) is 0 Å². The summed E-state index contributed by atoms with van der Waals surface area (Å²) in [5.74, 6) is -0.859. The van der Waals surface area contributed by atoms with Crippen molar-refractivity contribution in [1.82, 2.24) is 15.2 Å². The molecule has 2 aromatic heterocycles. The van der Waals surface area contributed by atoms with Crippen LogP contribution < -0.4 is 16.1 Å². The van der Waals surface area contributed by atoms with E-state index in [9.17, 15) is 14.4 Å². The lowest BCUT2D eigenvalue weighted by Crippen LogP contribution is -2.38. The Bertz CT molecular complexity index is 883. The lowest BCUT2D eigenvalue weighted by atomic mass is 10.1. The van der Waals surface area contributed by atoms with Gasteiger partial charge in [-0.25, -0.2) is 0 Å². The van der Waals surface area contributed by atoms with Gasteiger partial charge in [0.05, 0.1) is 6.54 Å². The second kappa shape index (κ2) is 9.19. The molecule has 0 radical (unpaired) electrons. The minimum Gasteiger partial charge on any atom is -0.349 e. The summed E-state index contributed by atoms with van der Waals surface area (Å²) in [5, 5.41) is 7.59. The van der Waals surface area contributed by atoms with Crippen LogP contribution in [0.15, 0.2) is 34.7 Å². The lowest BCUT2D eigenvalue weighted by Gasteiger charge is -2.18. The molecule has 0 aliphatic heterocycles. The monoisotopic (exact) mass is 401 g/mol. The highest BCUT2D eigenvalue weighted by Gasteiger charge is 2.24. The third-order valence-corrected chi connectivity index (χ3v) is 6.15. The van der Waals surface area contributed by atoms with E-state index < -0.39 is 17.2 Å². The molecule has 1 saturated carbocycles. The molecule has 0 saturated heterocycles. The van der Waals surface area contributed by atoms with Crippen molar-refractivity contribution in [2.45, 2.75) is 64.6 Å². The van der Waals surface area contributed by atoms with Gasteiger partial charge in [-0.3, -0.25) is 14.4 Å². The predicted molar refractivity (Wildman–Crippen MR) is 111 cm³/mol. The second-order valence-corrected chi connectivity index (χ2v) is 8.38. The zero-order valence-electron chi connectivity index (χ0n) is 16.4. The highest BCUT2D eigenvalue weighted by atomic mass is 32.1. The van der Waals surface area contributed by atoms with Gasteiger partial charge in [-0.05, 0) is 37.6 Å². The number of amides is 2. The molecule has 0 unspecified atom stereocenters. The van der Waals surface area contributed by atoms with Gasteiger partial charge >= 0.3 is 0 Å². The van der Waals surface area contributed by atoms with Crippen LogP contribution in [0.3, 0.4) is 0 Å². The highest BCUT2D eigenvalue weighted by molar-refractivity contribution is 7.09. The Labute approximate surface area is 169 Å². The van der Waals surface area contributed by atoms with Crippen molar-refractivity contribution in [3.05, 3.63) is 56.1 Å². The van der Waals surface area contributed by atoms with Gasteiger partial charge in [0, 0.05) is 29.4 Å². The summed E-state index contributed by atoms with van der Waals surface area (Å²) in [6.45, 7) is 4.23. The molecule has 2 amide bonds. The molecule has 2 N–H and O–H groups in total. The molecule has 2 heterocycles. The number of hydrogen-bond acceptors (Lipinski definition) is 4. The Morgan fingerprint density at radius 3 is 2.50 bits per heavy atom. The van der Waals surface area contributed by atoms with Gasteiger partial charge in [0.2, 0.25) is 5.43 Å².